The Morgan fingerprint density at radius 2 is 1.77 bits per heavy atom. The van der Waals surface area contributed by atoms with Crippen LogP contribution in [0.2, 0.25) is 0 Å². The standard InChI is InChI=1S/C23H26N4O2S/c1-5-27-21(19-9-7-6-8-16(19)4)25-26-23(27)30-14-20(28)17-10-12-18(13-11-17)24-22(29)15(2)3/h6-13,15H,5,14H2,1-4H3,(H,24,29). The average Bonchev–Trinajstić information content (AvgIpc) is 3.15. The molecule has 0 bridgehead atoms. The molecule has 0 unspecified atom stereocenters. The zero-order chi connectivity index (χ0) is 21.7. The summed E-state index contributed by atoms with van der Waals surface area (Å²) in [7, 11) is 0. The van der Waals surface area contributed by atoms with Crippen LogP contribution < -0.4 is 5.32 Å². The fourth-order valence-corrected chi connectivity index (χ4v) is 3.84. The highest BCUT2D eigenvalue weighted by molar-refractivity contribution is 7.99. The minimum absolute atomic E-state index is 0.00447. The second-order valence-electron chi connectivity index (χ2n) is 7.30. The largest absolute Gasteiger partial charge is 0.326 e. The van der Waals surface area contributed by atoms with Gasteiger partial charge in [0.1, 0.15) is 0 Å². The molecule has 3 rings (SSSR count). The molecule has 3 aromatic rings. The van der Waals surface area contributed by atoms with E-state index in [1.165, 1.54) is 11.8 Å². The fourth-order valence-electron chi connectivity index (χ4n) is 2.94. The van der Waals surface area contributed by atoms with Crippen LogP contribution in [-0.4, -0.2) is 32.2 Å². The number of benzene rings is 2. The van der Waals surface area contributed by atoms with Gasteiger partial charge in [-0.05, 0) is 43.7 Å². The first-order valence-electron chi connectivity index (χ1n) is 9.96. The van der Waals surface area contributed by atoms with Crippen molar-refractivity contribution in [2.75, 3.05) is 11.1 Å². The maximum absolute atomic E-state index is 12.6. The SMILES string of the molecule is CCn1c(SCC(=O)c2ccc(NC(=O)C(C)C)cc2)nnc1-c1ccccc1C. The van der Waals surface area contributed by atoms with Crippen molar-refractivity contribution >= 4 is 29.1 Å². The van der Waals surface area contributed by atoms with E-state index in [2.05, 4.69) is 15.5 Å². The molecule has 0 aliphatic carbocycles. The van der Waals surface area contributed by atoms with Crippen molar-refractivity contribution in [2.24, 2.45) is 5.92 Å². The molecular formula is C23H26N4O2S. The Labute approximate surface area is 181 Å². The third kappa shape index (κ3) is 4.97. The van der Waals surface area contributed by atoms with Crippen LogP contribution in [0.25, 0.3) is 11.4 Å². The number of hydrogen-bond donors (Lipinski definition) is 1. The number of anilines is 1. The summed E-state index contributed by atoms with van der Waals surface area (Å²) in [6.45, 7) is 8.49. The molecule has 156 valence electrons. The van der Waals surface area contributed by atoms with Gasteiger partial charge in [0, 0.05) is 29.3 Å². The van der Waals surface area contributed by atoms with E-state index in [4.69, 9.17) is 0 Å². The highest BCUT2D eigenvalue weighted by Crippen LogP contribution is 2.26. The first-order chi connectivity index (χ1) is 14.4. The summed E-state index contributed by atoms with van der Waals surface area (Å²) < 4.78 is 2.03. The predicted molar refractivity (Wildman–Crippen MR) is 121 cm³/mol. The smallest absolute Gasteiger partial charge is 0.226 e. The number of nitrogens with one attached hydrogen (secondary N) is 1. The van der Waals surface area contributed by atoms with Gasteiger partial charge >= 0.3 is 0 Å². The van der Waals surface area contributed by atoms with Crippen LogP contribution in [0, 0.1) is 12.8 Å². The number of carbonyl (C=O) groups excluding carboxylic acids is 2. The minimum atomic E-state index is -0.0943. The molecular weight excluding hydrogens is 396 g/mol. The van der Waals surface area contributed by atoms with E-state index in [1.807, 2.05) is 56.5 Å². The lowest BCUT2D eigenvalue weighted by atomic mass is 10.1. The lowest BCUT2D eigenvalue weighted by molar-refractivity contribution is -0.118. The molecule has 0 fully saturated rings. The lowest BCUT2D eigenvalue weighted by Crippen LogP contribution is -2.17. The Balaban J connectivity index is 1.68. The molecule has 30 heavy (non-hydrogen) atoms. The highest BCUT2D eigenvalue weighted by atomic mass is 32.2. The number of nitrogens with zero attached hydrogens (tertiary/aromatic N) is 3. The van der Waals surface area contributed by atoms with Crippen molar-refractivity contribution in [2.45, 2.75) is 39.4 Å². The molecule has 0 atom stereocenters. The first-order valence-corrected chi connectivity index (χ1v) is 11.0. The minimum Gasteiger partial charge on any atom is -0.326 e. The van der Waals surface area contributed by atoms with Crippen molar-refractivity contribution in [1.29, 1.82) is 0 Å². The number of hydrogen-bond acceptors (Lipinski definition) is 5. The molecule has 1 heterocycles. The monoisotopic (exact) mass is 422 g/mol. The van der Waals surface area contributed by atoms with Gasteiger partial charge in [-0.25, -0.2) is 0 Å². The highest BCUT2D eigenvalue weighted by Gasteiger charge is 2.16. The second kappa shape index (κ2) is 9.71. The Hall–Kier alpha value is -2.93. The van der Waals surface area contributed by atoms with Gasteiger partial charge in [-0.3, -0.25) is 9.59 Å². The number of Topliss-reactive ketones (excluding diaryl/α,β-unsaturated/α-hetero) is 1. The number of ketones is 1. The van der Waals surface area contributed by atoms with Crippen LogP contribution in [0.15, 0.2) is 53.7 Å². The molecule has 0 spiro atoms. The van der Waals surface area contributed by atoms with E-state index in [9.17, 15) is 9.59 Å². The van der Waals surface area contributed by atoms with Crippen molar-refractivity contribution in [1.82, 2.24) is 14.8 Å². The Morgan fingerprint density at radius 3 is 2.40 bits per heavy atom. The Bertz CT molecular complexity index is 1040. The molecule has 7 heteroatoms. The van der Waals surface area contributed by atoms with Gasteiger partial charge in [-0.2, -0.15) is 0 Å². The molecule has 0 saturated carbocycles. The summed E-state index contributed by atoms with van der Waals surface area (Å²) in [4.78, 5) is 24.4. The van der Waals surface area contributed by atoms with Gasteiger partial charge in [-0.15, -0.1) is 10.2 Å². The first kappa shape index (κ1) is 21.8. The summed E-state index contributed by atoms with van der Waals surface area (Å²) in [6, 6.07) is 15.1. The summed E-state index contributed by atoms with van der Waals surface area (Å²) in [5.74, 6) is 0.945. The molecule has 0 aliphatic heterocycles. The van der Waals surface area contributed by atoms with Crippen LogP contribution in [0.1, 0.15) is 36.7 Å². The van der Waals surface area contributed by atoms with E-state index in [1.54, 1.807) is 24.3 Å². The predicted octanol–water partition coefficient (Wildman–Crippen LogP) is 4.84. The number of aromatic nitrogens is 3. The zero-order valence-corrected chi connectivity index (χ0v) is 18.5. The molecule has 0 radical (unpaired) electrons. The van der Waals surface area contributed by atoms with Crippen LogP contribution in [0.3, 0.4) is 0 Å². The molecule has 2 aromatic carbocycles. The van der Waals surface area contributed by atoms with Crippen molar-refractivity contribution in [3.63, 3.8) is 0 Å². The summed E-state index contributed by atoms with van der Waals surface area (Å²) in [5.41, 5.74) is 3.47. The second-order valence-corrected chi connectivity index (χ2v) is 8.24. The fraction of sp³-hybridized carbons (Fsp3) is 0.304. The van der Waals surface area contributed by atoms with Crippen LogP contribution in [-0.2, 0) is 11.3 Å². The Kier molecular flexibility index (Phi) is 7.05. The van der Waals surface area contributed by atoms with Crippen molar-refractivity contribution in [3.8, 4) is 11.4 Å². The molecule has 6 nitrogen and oxygen atoms in total. The normalized spacial score (nSPS) is 11.0. The van der Waals surface area contributed by atoms with E-state index in [0.717, 1.165) is 28.7 Å². The Morgan fingerprint density at radius 1 is 1.07 bits per heavy atom. The lowest BCUT2D eigenvalue weighted by Gasteiger charge is -2.09. The number of carbonyl (C=O) groups is 2. The van der Waals surface area contributed by atoms with E-state index in [-0.39, 0.29) is 23.4 Å². The number of rotatable bonds is 8. The van der Waals surface area contributed by atoms with Crippen LogP contribution >= 0.6 is 11.8 Å². The van der Waals surface area contributed by atoms with E-state index in [0.29, 0.717) is 11.3 Å². The number of amides is 1. The third-order valence-electron chi connectivity index (χ3n) is 4.75. The summed E-state index contributed by atoms with van der Waals surface area (Å²) in [6.07, 6.45) is 0. The average molecular weight is 423 g/mol. The van der Waals surface area contributed by atoms with Gasteiger partial charge in [0.2, 0.25) is 5.91 Å². The zero-order valence-electron chi connectivity index (χ0n) is 17.7. The third-order valence-corrected chi connectivity index (χ3v) is 5.72. The summed E-state index contributed by atoms with van der Waals surface area (Å²) >= 11 is 1.38. The van der Waals surface area contributed by atoms with E-state index < -0.39 is 0 Å². The van der Waals surface area contributed by atoms with Crippen molar-refractivity contribution < 1.29 is 9.59 Å². The quantitative estimate of drug-likeness (QED) is 0.415. The van der Waals surface area contributed by atoms with E-state index >= 15 is 0 Å². The van der Waals surface area contributed by atoms with Crippen LogP contribution in [0.4, 0.5) is 5.69 Å². The molecule has 1 amide bonds. The molecule has 0 aliphatic rings. The van der Waals surface area contributed by atoms with Gasteiger partial charge in [0.05, 0.1) is 5.75 Å². The van der Waals surface area contributed by atoms with Gasteiger partial charge < -0.3 is 9.88 Å². The number of aryl methyl sites for hydroxylation is 1. The van der Waals surface area contributed by atoms with Gasteiger partial charge in [0.15, 0.2) is 16.8 Å². The van der Waals surface area contributed by atoms with Crippen LogP contribution in [0.5, 0.6) is 0 Å². The van der Waals surface area contributed by atoms with Crippen molar-refractivity contribution in [3.05, 3.63) is 59.7 Å². The topological polar surface area (TPSA) is 76.9 Å². The number of thioether (sulfide) groups is 1. The maximum Gasteiger partial charge on any atom is 0.226 e. The van der Waals surface area contributed by atoms with Gasteiger partial charge in [0.25, 0.3) is 0 Å². The molecule has 1 N–H and O–H groups in total. The molecule has 1 aromatic heterocycles. The molecule has 0 saturated heterocycles. The summed E-state index contributed by atoms with van der Waals surface area (Å²) in [5, 5.41) is 12.2. The van der Waals surface area contributed by atoms with Gasteiger partial charge in [-0.1, -0.05) is 49.9 Å². The maximum atomic E-state index is 12.6.